The van der Waals surface area contributed by atoms with Crippen LogP contribution < -0.4 is 10.1 Å². The van der Waals surface area contributed by atoms with Crippen molar-refractivity contribution in [1.29, 1.82) is 0 Å². The van der Waals surface area contributed by atoms with Crippen LogP contribution in [0.4, 0.5) is 10.5 Å². The second-order valence-corrected chi connectivity index (χ2v) is 9.78. The highest BCUT2D eigenvalue weighted by Crippen LogP contribution is 2.32. The topological polar surface area (TPSA) is 75.7 Å². The Balaban J connectivity index is 1.36. The number of carbonyl (C=O) groups excluding carboxylic acids is 3. The lowest BCUT2D eigenvalue weighted by molar-refractivity contribution is -0.127. The van der Waals surface area contributed by atoms with Crippen molar-refractivity contribution in [2.45, 2.75) is 11.5 Å². The number of anilines is 1. The molecule has 1 aliphatic heterocycles. The molecule has 178 valence electrons. The van der Waals surface area contributed by atoms with Crippen molar-refractivity contribution in [2.75, 3.05) is 18.1 Å². The van der Waals surface area contributed by atoms with Crippen LogP contribution in [0.2, 0.25) is 5.02 Å². The van der Waals surface area contributed by atoms with Gasteiger partial charge in [0, 0.05) is 21.2 Å². The summed E-state index contributed by atoms with van der Waals surface area (Å²) in [4.78, 5) is 39.8. The average molecular weight is 525 g/mol. The smallest absolute Gasteiger partial charge is 0.294 e. The molecule has 1 fully saturated rings. The molecule has 4 rings (SSSR count). The lowest BCUT2D eigenvalue weighted by Gasteiger charge is -2.12. The number of rotatable bonds is 8. The van der Waals surface area contributed by atoms with Gasteiger partial charge in [-0.1, -0.05) is 48.0 Å². The van der Waals surface area contributed by atoms with E-state index in [2.05, 4.69) is 5.32 Å². The van der Waals surface area contributed by atoms with Gasteiger partial charge in [-0.25, -0.2) is 0 Å². The van der Waals surface area contributed by atoms with Crippen LogP contribution in [0.25, 0.3) is 6.08 Å². The van der Waals surface area contributed by atoms with Gasteiger partial charge in [0.1, 0.15) is 18.9 Å². The van der Waals surface area contributed by atoms with E-state index in [-0.39, 0.29) is 11.4 Å². The summed E-state index contributed by atoms with van der Waals surface area (Å²) in [6, 6.07) is 22.0. The third-order valence-electron chi connectivity index (χ3n) is 5.06. The number of thioether (sulfide) groups is 2. The predicted molar refractivity (Wildman–Crippen MR) is 142 cm³/mol. The minimum Gasteiger partial charge on any atom is -0.489 e. The minimum absolute atomic E-state index is 0.261. The van der Waals surface area contributed by atoms with Gasteiger partial charge in [-0.15, -0.1) is 11.8 Å². The van der Waals surface area contributed by atoms with Gasteiger partial charge in [0.25, 0.3) is 11.1 Å². The van der Waals surface area contributed by atoms with E-state index in [1.807, 2.05) is 48.7 Å². The Kier molecular flexibility index (Phi) is 8.17. The molecular weight excluding hydrogens is 504 g/mol. The molecule has 0 bridgehead atoms. The Hall–Kier alpha value is -3.20. The van der Waals surface area contributed by atoms with E-state index in [4.69, 9.17) is 16.3 Å². The van der Waals surface area contributed by atoms with Gasteiger partial charge in [-0.05, 0) is 66.1 Å². The first-order chi connectivity index (χ1) is 16.9. The molecule has 1 aliphatic rings. The lowest BCUT2D eigenvalue weighted by Crippen LogP contribution is -2.36. The van der Waals surface area contributed by atoms with E-state index < -0.39 is 17.1 Å². The second kappa shape index (κ2) is 11.5. The zero-order valence-electron chi connectivity index (χ0n) is 18.7. The van der Waals surface area contributed by atoms with Gasteiger partial charge in [0.05, 0.1) is 4.91 Å². The molecule has 0 spiro atoms. The normalized spacial score (nSPS) is 14.5. The fourth-order valence-corrected chi connectivity index (χ4v) is 4.76. The monoisotopic (exact) mass is 524 g/mol. The number of hydrogen-bond acceptors (Lipinski definition) is 6. The van der Waals surface area contributed by atoms with Crippen LogP contribution >= 0.6 is 35.1 Å². The van der Waals surface area contributed by atoms with E-state index in [0.29, 0.717) is 23.1 Å². The molecule has 0 saturated carbocycles. The van der Waals surface area contributed by atoms with Crippen molar-refractivity contribution in [3.05, 3.63) is 93.9 Å². The van der Waals surface area contributed by atoms with Crippen molar-refractivity contribution in [3.63, 3.8) is 0 Å². The van der Waals surface area contributed by atoms with Crippen LogP contribution in [0.3, 0.4) is 0 Å². The van der Waals surface area contributed by atoms with E-state index in [0.717, 1.165) is 32.7 Å². The standard InChI is InChI=1S/C26H21ClN2O4S2/c1-34-21-7-4-6-19(14-21)28-24(30)15-29-25(31)23(35-26(29)32)13-17-9-11-20(12-10-17)33-16-18-5-2-3-8-22(18)27/h2-14H,15-16H2,1H3,(H,28,30)/b23-13+. The highest BCUT2D eigenvalue weighted by molar-refractivity contribution is 8.18. The summed E-state index contributed by atoms with van der Waals surface area (Å²) in [7, 11) is 0. The minimum atomic E-state index is -0.493. The predicted octanol–water partition coefficient (Wildman–Crippen LogP) is 6.32. The number of carbonyl (C=O) groups is 3. The Bertz CT molecular complexity index is 1290. The fraction of sp³-hybridized carbons (Fsp3) is 0.115. The summed E-state index contributed by atoms with van der Waals surface area (Å²) in [5.41, 5.74) is 2.23. The van der Waals surface area contributed by atoms with Crippen molar-refractivity contribution in [2.24, 2.45) is 0 Å². The van der Waals surface area contributed by atoms with Gasteiger partial charge >= 0.3 is 0 Å². The van der Waals surface area contributed by atoms with Crippen LogP contribution in [0, 0.1) is 0 Å². The molecule has 0 atom stereocenters. The first-order valence-corrected chi connectivity index (χ1v) is 13.0. The summed E-state index contributed by atoms with van der Waals surface area (Å²) in [5.74, 6) is -0.281. The van der Waals surface area contributed by atoms with Crippen LogP contribution in [0.15, 0.2) is 82.6 Å². The highest BCUT2D eigenvalue weighted by Gasteiger charge is 2.36. The van der Waals surface area contributed by atoms with E-state index in [1.165, 1.54) is 0 Å². The molecular formula is C26H21ClN2O4S2. The van der Waals surface area contributed by atoms with Gasteiger partial charge in [0.15, 0.2) is 0 Å². The number of nitrogens with one attached hydrogen (secondary N) is 1. The lowest BCUT2D eigenvalue weighted by atomic mass is 10.2. The largest absolute Gasteiger partial charge is 0.489 e. The molecule has 1 N–H and O–H groups in total. The molecule has 3 aromatic rings. The molecule has 1 heterocycles. The Morgan fingerprint density at radius 2 is 1.86 bits per heavy atom. The van der Waals surface area contributed by atoms with Gasteiger partial charge in [-0.3, -0.25) is 19.3 Å². The number of benzene rings is 3. The van der Waals surface area contributed by atoms with Crippen LogP contribution in [-0.4, -0.2) is 34.8 Å². The maximum atomic E-state index is 12.8. The van der Waals surface area contributed by atoms with Crippen molar-refractivity contribution >= 4 is 63.9 Å². The molecule has 6 nitrogen and oxygen atoms in total. The number of amides is 3. The molecule has 0 unspecified atom stereocenters. The summed E-state index contributed by atoms with van der Waals surface area (Å²) < 4.78 is 5.77. The zero-order chi connectivity index (χ0) is 24.8. The number of hydrogen-bond donors (Lipinski definition) is 1. The van der Waals surface area contributed by atoms with Gasteiger partial charge in [-0.2, -0.15) is 0 Å². The summed E-state index contributed by atoms with van der Waals surface area (Å²) in [5, 5.41) is 2.90. The summed E-state index contributed by atoms with van der Waals surface area (Å²) in [6.07, 6.45) is 3.57. The molecule has 35 heavy (non-hydrogen) atoms. The van der Waals surface area contributed by atoms with Crippen LogP contribution in [0.5, 0.6) is 5.75 Å². The van der Waals surface area contributed by atoms with Crippen molar-refractivity contribution in [3.8, 4) is 5.75 Å². The third-order valence-corrected chi connectivity index (χ3v) is 7.06. The fourth-order valence-electron chi connectivity index (χ4n) is 3.27. The average Bonchev–Trinajstić information content (AvgIpc) is 3.11. The SMILES string of the molecule is CSc1cccc(NC(=O)CN2C(=O)S/C(=C/c3ccc(OCc4ccccc4Cl)cc3)C2=O)c1. The first kappa shape index (κ1) is 24.9. The number of imide groups is 1. The Morgan fingerprint density at radius 1 is 1.09 bits per heavy atom. The summed E-state index contributed by atoms with van der Waals surface area (Å²) in [6.45, 7) is -0.0120. The number of ether oxygens (including phenoxy) is 1. The maximum absolute atomic E-state index is 12.8. The molecule has 1 saturated heterocycles. The first-order valence-electron chi connectivity index (χ1n) is 10.6. The molecule has 0 aliphatic carbocycles. The van der Waals surface area contributed by atoms with Crippen LogP contribution in [-0.2, 0) is 16.2 Å². The third kappa shape index (κ3) is 6.48. The Labute approximate surface area is 216 Å². The molecule has 3 amide bonds. The van der Waals surface area contributed by atoms with E-state index in [1.54, 1.807) is 48.2 Å². The molecule has 0 aromatic heterocycles. The number of halogens is 1. The van der Waals surface area contributed by atoms with Crippen molar-refractivity contribution in [1.82, 2.24) is 4.90 Å². The van der Waals surface area contributed by atoms with Crippen LogP contribution in [0.1, 0.15) is 11.1 Å². The quantitative estimate of drug-likeness (QED) is 0.274. The van der Waals surface area contributed by atoms with Gasteiger partial charge < -0.3 is 10.1 Å². The van der Waals surface area contributed by atoms with E-state index in [9.17, 15) is 14.4 Å². The zero-order valence-corrected chi connectivity index (χ0v) is 21.1. The second-order valence-electron chi connectivity index (χ2n) is 7.50. The molecule has 9 heteroatoms. The summed E-state index contributed by atoms with van der Waals surface area (Å²) >= 11 is 8.52. The Morgan fingerprint density at radius 3 is 2.60 bits per heavy atom. The molecule has 0 radical (unpaired) electrons. The van der Waals surface area contributed by atoms with E-state index >= 15 is 0 Å². The maximum Gasteiger partial charge on any atom is 0.294 e. The molecule has 3 aromatic carbocycles. The highest BCUT2D eigenvalue weighted by atomic mass is 35.5. The van der Waals surface area contributed by atoms with Gasteiger partial charge in [0.2, 0.25) is 5.91 Å². The van der Waals surface area contributed by atoms with Crippen molar-refractivity contribution < 1.29 is 19.1 Å². The number of nitrogens with zero attached hydrogens (tertiary/aromatic N) is 1.